The van der Waals surface area contributed by atoms with Crippen LogP contribution in [0.15, 0.2) is 42.5 Å². The lowest BCUT2D eigenvalue weighted by Gasteiger charge is -2.38. The number of ether oxygens (including phenoxy) is 2. The minimum absolute atomic E-state index is 0.0466. The van der Waals surface area contributed by atoms with Crippen LogP contribution in [0.3, 0.4) is 0 Å². The van der Waals surface area contributed by atoms with Gasteiger partial charge in [0.25, 0.3) is 5.91 Å². The van der Waals surface area contributed by atoms with Gasteiger partial charge in [0.1, 0.15) is 0 Å². The number of nitrogens with one attached hydrogen (secondary N) is 1. The maximum absolute atomic E-state index is 12.5. The predicted molar refractivity (Wildman–Crippen MR) is 95.3 cm³/mol. The third-order valence-corrected chi connectivity index (χ3v) is 4.79. The van der Waals surface area contributed by atoms with Gasteiger partial charge in [-0.25, -0.2) is 0 Å². The molecule has 0 spiro atoms. The molecule has 7 heteroatoms. The molecule has 134 valence electrons. The van der Waals surface area contributed by atoms with Gasteiger partial charge in [0.05, 0.1) is 5.92 Å². The van der Waals surface area contributed by atoms with Crippen LogP contribution >= 0.6 is 11.6 Å². The highest BCUT2D eigenvalue weighted by atomic mass is 35.5. The SMILES string of the molecule is O=C(NCc1ccc(Cl)cc1)C1CN(C(=O)c2ccc3c(c2)OCO3)C1. The Bertz CT molecular complexity index is 847. The molecule has 2 aliphatic rings. The molecular weight excluding hydrogens is 356 g/mol. The lowest BCUT2D eigenvalue weighted by Crippen LogP contribution is -2.55. The van der Waals surface area contributed by atoms with Gasteiger partial charge in [0, 0.05) is 30.2 Å². The Morgan fingerprint density at radius 2 is 1.81 bits per heavy atom. The van der Waals surface area contributed by atoms with E-state index in [9.17, 15) is 9.59 Å². The lowest BCUT2D eigenvalue weighted by atomic mass is 9.97. The van der Waals surface area contributed by atoms with Gasteiger partial charge in [-0.2, -0.15) is 0 Å². The van der Waals surface area contributed by atoms with Crippen molar-refractivity contribution in [2.45, 2.75) is 6.54 Å². The molecule has 1 fully saturated rings. The van der Waals surface area contributed by atoms with Crippen molar-refractivity contribution in [1.82, 2.24) is 10.2 Å². The molecule has 6 nitrogen and oxygen atoms in total. The maximum atomic E-state index is 12.5. The van der Waals surface area contributed by atoms with Crippen LogP contribution in [0.1, 0.15) is 15.9 Å². The molecule has 0 aromatic heterocycles. The lowest BCUT2D eigenvalue weighted by molar-refractivity contribution is -0.129. The Balaban J connectivity index is 1.28. The zero-order valence-corrected chi connectivity index (χ0v) is 14.7. The fraction of sp³-hybridized carbons (Fsp3) is 0.263. The molecular formula is C19H17ClN2O4. The first-order valence-electron chi connectivity index (χ1n) is 8.31. The monoisotopic (exact) mass is 372 g/mol. The van der Waals surface area contributed by atoms with Crippen molar-refractivity contribution in [2.75, 3.05) is 19.9 Å². The molecule has 1 N–H and O–H groups in total. The third kappa shape index (κ3) is 3.32. The molecule has 1 saturated heterocycles. The Morgan fingerprint density at radius 1 is 1.08 bits per heavy atom. The van der Waals surface area contributed by atoms with Crippen molar-refractivity contribution in [3.05, 3.63) is 58.6 Å². The second kappa shape index (κ2) is 6.88. The molecule has 2 amide bonds. The number of fused-ring (bicyclic) bond motifs is 1. The van der Waals surface area contributed by atoms with E-state index in [1.54, 1.807) is 35.2 Å². The van der Waals surface area contributed by atoms with Crippen molar-refractivity contribution in [3.63, 3.8) is 0 Å². The summed E-state index contributed by atoms with van der Waals surface area (Å²) >= 11 is 5.84. The molecule has 0 aliphatic carbocycles. The van der Waals surface area contributed by atoms with Gasteiger partial charge in [-0.05, 0) is 35.9 Å². The quantitative estimate of drug-likeness (QED) is 0.895. The average molecular weight is 373 g/mol. The van der Waals surface area contributed by atoms with Gasteiger partial charge in [0.15, 0.2) is 11.5 Å². The fourth-order valence-electron chi connectivity index (χ4n) is 2.96. The summed E-state index contributed by atoms with van der Waals surface area (Å²) in [5, 5.41) is 3.56. The summed E-state index contributed by atoms with van der Waals surface area (Å²) in [5.74, 6) is 0.887. The van der Waals surface area contributed by atoms with Crippen molar-refractivity contribution in [2.24, 2.45) is 5.92 Å². The van der Waals surface area contributed by atoms with Crippen molar-refractivity contribution in [1.29, 1.82) is 0 Å². The van der Waals surface area contributed by atoms with Gasteiger partial charge in [-0.3, -0.25) is 9.59 Å². The first kappa shape index (κ1) is 16.7. The predicted octanol–water partition coefficient (Wildman–Crippen LogP) is 2.46. The van der Waals surface area contributed by atoms with Crippen LogP contribution in [0.2, 0.25) is 5.02 Å². The van der Waals surface area contributed by atoms with Crippen LogP contribution in [0.25, 0.3) is 0 Å². The van der Waals surface area contributed by atoms with Crippen LogP contribution in [0, 0.1) is 5.92 Å². The Hall–Kier alpha value is -2.73. The van der Waals surface area contributed by atoms with Crippen LogP contribution < -0.4 is 14.8 Å². The molecule has 4 rings (SSSR count). The second-order valence-corrected chi connectivity index (χ2v) is 6.76. The van der Waals surface area contributed by atoms with Crippen LogP contribution in [0.5, 0.6) is 11.5 Å². The number of hydrogen-bond acceptors (Lipinski definition) is 4. The van der Waals surface area contributed by atoms with E-state index in [2.05, 4.69) is 5.32 Å². The minimum atomic E-state index is -0.180. The Labute approximate surface area is 155 Å². The first-order chi connectivity index (χ1) is 12.6. The molecule has 2 heterocycles. The van der Waals surface area contributed by atoms with Gasteiger partial charge < -0.3 is 19.7 Å². The summed E-state index contributed by atoms with van der Waals surface area (Å²) in [6.45, 7) is 1.45. The summed E-state index contributed by atoms with van der Waals surface area (Å²) in [5.41, 5.74) is 1.52. The number of rotatable bonds is 4. The maximum Gasteiger partial charge on any atom is 0.254 e. The molecule has 0 atom stereocenters. The summed E-state index contributed by atoms with van der Waals surface area (Å²) in [4.78, 5) is 26.4. The number of carbonyl (C=O) groups excluding carboxylic acids is 2. The number of carbonyl (C=O) groups is 2. The van der Waals surface area contributed by atoms with E-state index in [1.807, 2.05) is 12.1 Å². The standard InChI is InChI=1S/C19H17ClN2O4/c20-15-4-1-12(2-5-15)8-21-18(23)14-9-22(10-14)19(24)13-3-6-16-17(7-13)26-11-25-16/h1-7,14H,8-11H2,(H,21,23). The number of hydrogen-bond donors (Lipinski definition) is 1. The first-order valence-corrected chi connectivity index (χ1v) is 8.69. The molecule has 0 radical (unpaired) electrons. The third-order valence-electron chi connectivity index (χ3n) is 4.54. The number of benzene rings is 2. The van der Waals surface area contributed by atoms with Crippen LogP contribution in [-0.4, -0.2) is 36.6 Å². The van der Waals surface area contributed by atoms with Crippen molar-refractivity contribution in [3.8, 4) is 11.5 Å². The van der Waals surface area contributed by atoms with Crippen molar-refractivity contribution >= 4 is 23.4 Å². The highest BCUT2D eigenvalue weighted by Crippen LogP contribution is 2.33. The molecule has 26 heavy (non-hydrogen) atoms. The van der Waals surface area contributed by atoms with Crippen molar-refractivity contribution < 1.29 is 19.1 Å². The smallest absolute Gasteiger partial charge is 0.254 e. The number of amides is 2. The minimum Gasteiger partial charge on any atom is -0.454 e. The molecule has 0 unspecified atom stereocenters. The summed E-state index contributed by atoms with van der Waals surface area (Å²) in [7, 11) is 0. The summed E-state index contributed by atoms with van der Waals surface area (Å²) in [6, 6.07) is 12.4. The number of halogens is 1. The highest BCUT2D eigenvalue weighted by molar-refractivity contribution is 6.30. The molecule has 2 aliphatic heterocycles. The zero-order valence-electron chi connectivity index (χ0n) is 13.9. The van der Waals surface area contributed by atoms with E-state index in [0.29, 0.717) is 41.7 Å². The van der Waals surface area contributed by atoms with E-state index in [4.69, 9.17) is 21.1 Å². The van der Waals surface area contributed by atoms with E-state index in [-0.39, 0.29) is 24.5 Å². The largest absolute Gasteiger partial charge is 0.454 e. The van der Waals surface area contributed by atoms with E-state index in [0.717, 1.165) is 5.56 Å². The molecule has 0 bridgehead atoms. The van der Waals surface area contributed by atoms with Gasteiger partial charge in [-0.15, -0.1) is 0 Å². The number of likely N-dealkylation sites (tertiary alicyclic amines) is 1. The molecule has 2 aromatic carbocycles. The van der Waals surface area contributed by atoms with E-state index in [1.165, 1.54) is 0 Å². The van der Waals surface area contributed by atoms with Gasteiger partial charge >= 0.3 is 0 Å². The van der Waals surface area contributed by atoms with E-state index >= 15 is 0 Å². The summed E-state index contributed by atoms with van der Waals surface area (Å²) < 4.78 is 10.5. The summed E-state index contributed by atoms with van der Waals surface area (Å²) in [6.07, 6.45) is 0. The Kier molecular flexibility index (Phi) is 4.42. The second-order valence-electron chi connectivity index (χ2n) is 6.32. The topological polar surface area (TPSA) is 67.9 Å². The number of nitrogens with zero attached hydrogens (tertiary/aromatic N) is 1. The van der Waals surface area contributed by atoms with E-state index < -0.39 is 0 Å². The van der Waals surface area contributed by atoms with Crippen LogP contribution in [-0.2, 0) is 11.3 Å². The van der Waals surface area contributed by atoms with Crippen LogP contribution in [0.4, 0.5) is 0 Å². The normalized spacial score (nSPS) is 15.5. The molecule has 2 aromatic rings. The Morgan fingerprint density at radius 3 is 2.58 bits per heavy atom. The van der Waals surface area contributed by atoms with Gasteiger partial charge in [0.2, 0.25) is 12.7 Å². The zero-order chi connectivity index (χ0) is 18.1. The molecule has 0 saturated carbocycles. The average Bonchev–Trinajstić information content (AvgIpc) is 3.07. The fourth-order valence-corrected chi connectivity index (χ4v) is 3.08. The highest BCUT2D eigenvalue weighted by Gasteiger charge is 2.36. The van der Waals surface area contributed by atoms with Gasteiger partial charge in [-0.1, -0.05) is 23.7 Å².